The Kier molecular flexibility index (Phi) is 31.6. The van der Waals surface area contributed by atoms with Crippen molar-refractivity contribution >= 4 is 5.97 Å². The van der Waals surface area contributed by atoms with E-state index in [1.54, 1.807) is 13.0 Å². The minimum Gasteiger partial charge on any atom is -1.00 e. The molecule has 0 atom stereocenters. The summed E-state index contributed by atoms with van der Waals surface area (Å²) in [6.45, 7) is 3.77. The Morgan fingerprint density at radius 2 is 1.79 bits per heavy atom. The number of carbonyl (C=O) groups is 1. The van der Waals surface area contributed by atoms with Crippen LogP contribution in [0, 0.1) is 0 Å². The average molecular weight is 228 g/mol. The van der Waals surface area contributed by atoms with Gasteiger partial charge in [0.15, 0.2) is 0 Å². The largest absolute Gasteiger partial charge is 1.00 e. The van der Waals surface area contributed by atoms with E-state index in [1.165, 1.54) is 12.8 Å². The van der Waals surface area contributed by atoms with Crippen molar-refractivity contribution in [3.63, 3.8) is 0 Å². The first kappa shape index (κ1) is 25.2. The van der Waals surface area contributed by atoms with Crippen LogP contribution >= 0.6 is 0 Å². The van der Waals surface area contributed by atoms with Gasteiger partial charge in [-0.2, -0.15) is 0 Å². The van der Waals surface area contributed by atoms with Gasteiger partial charge in [0.1, 0.15) is 0 Å². The van der Waals surface area contributed by atoms with Gasteiger partial charge in [-0.25, -0.2) is 4.79 Å². The van der Waals surface area contributed by atoms with E-state index in [-0.39, 0.29) is 93.0 Å². The van der Waals surface area contributed by atoms with Gasteiger partial charge in [0, 0.05) is 5.57 Å². The molecule has 14 heavy (non-hydrogen) atoms. The van der Waals surface area contributed by atoms with Gasteiger partial charge in [-0.15, -0.1) is 0 Å². The zero-order valence-electron chi connectivity index (χ0n) is 13.3. The van der Waals surface area contributed by atoms with Gasteiger partial charge >= 0.3 is 94.6 Å². The first-order valence-electron chi connectivity index (χ1n) is 4.08. The van der Waals surface area contributed by atoms with Crippen molar-refractivity contribution in [2.24, 2.45) is 0 Å². The van der Waals surface area contributed by atoms with Crippen molar-refractivity contribution < 1.29 is 103 Å². The molecule has 5 heteroatoms. The van der Waals surface area contributed by atoms with Gasteiger partial charge in [0.05, 0.1) is 0 Å². The number of carboxylic acids is 1. The zero-order valence-corrected chi connectivity index (χ0v) is 16.3. The van der Waals surface area contributed by atoms with Crippen molar-refractivity contribution in [3.05, 3.63) is 11.6 Å². The second kappa shape index (κ2) is 17.6. The van der Waals surface area contributed by atoms with Crippen molar-refractivity contribution in [2.75, 3.05) is 0 Å². The number of hydrogen-bond donors (Lipinski definition) is 1. The van der Waals surface area contributed by atoms with Crippen LogP contribution in [-0.4, -0.2) is 11.1 Å². The van der Waals surface area contributed by atoms with Crippen LogP contribution in [0.4, 0.5) is 0 Å². The topological polar surface area (TPSA) is 37.3 Å². The number of hydrogen-bond acceptors (Lipinski definition) is 1. The van der Waals surface area contributed by atoms with Crippen LogP contribution in [0.5, 0.6) is 0 Å². The van der Waals surface area contributed by atoms with Gasteiger partial charge in [0.25, 0.3) is 0 Å². The zero-order chi connectivity index (χ0) is 8.69. The summed E-state index contributed by atoms with van der Waals surface area (Å²) in [6, 6.07) is 0. The summed E-state index contributed by atoms with van der Waals surface area (Å²) < 4.78 is 0. The Morgan fingerprint density at radius 3 is 2.14 bits per heavy atom. The third-order valence-corrected chi connectivity index (χ3v) is 1.60. The standard InChI is InChI=1S/C9H16O2.3Na.3H/c1-3-4-5-6-7-8(2)9(10)11;;;;;;/h7H,3-6H2,1-2H3,(H,10,11);;;;;;/q;3*+1;3*-1. The second-order valence-electron chi connectivity index (χ2n) is 2.69. The number of allylic oxidation sites excluding steroid dienone is 1. The summed E-state index contributed by atoms with van der Waals surface area (Å²) in [7, 11) is 0. The summed E-state index contributed by atoms with van der Waals surface area (Å²) in [6.07, 6.45) is 6.15. The molecule has 0 aliphatic carbocycles. The normalized spacial score (nSPS) is 9.14. The van der Waals surface area contributed by atoms with Crippen molar-refractivity contribution in [1.82, 2.24) is 0 Å². The van der Waals surface area contributed by atoms with Crippen LogP contribution in [0.15, 0.2) is 11.6 Å². The van der Waals surface area contributed by atoms with Gasteiger partial charge in [-0.1, -0.05) is 25.8 Å². The third-order valence-electron chi connectivity index (χ3n) is 1.60. The first-order chi connectivity index (χ1) is 5.18. The molecule has 0 aromatic heterocycles. The molecule has 0 fully saturated rings. The minimum atomic E-state index is -0.804. The van der Waals surface area contributed by atoms with Gasteiger partial charge in [-0.3, -0.25) is 0 Å². The van der Waals surface area contributed by atoms with Crippen LogP contribution in [0.2, 0.25) is 0 Å². The predicted octanol–water partition coefficient (Wildman–Crippen LogP) is -6.05. The van der Waals surface area contributed by atoms with Crippen LogP contribution in [0.3, 0.4) is 0 Å². The summed E-state index contributed by atoms with van der Waals surface area (Å²) in [5.74, 6) is -0.804. The molecule has 0 saturated heterocycles. The molecule has 2 nitrogen and oxygen atoms in total. The summed E-state index contributed by atoms with van der Waals surface area (Å²) in [4.78, 5) is 10.3. The van der Waals surface area contributed by atoms with E-state index in [2.05, 4.69) is 6.92 Å². The van der Waals surface area contributed by atoms with E-state index in [0.29, 0.717) is 5.57 Å². The molecule has 0 rings (SSSR count). The van der Waals surface area contributed by atoms with Crippen LogP contribution in [0.1, 0.15) is 43.8 Å². The smallest absolute Gasteiger partial charge is 1.00 e. The Balaban J connectivity index is -0.0000000333. The van der Waals surface area contributed by atoms with E-state index in [9.17, 15) is 4.79 Å². The Hall–Kier alpha value is 2.21. The van der Waals surface area contributed by atoms with E-state index < -0.39 is 5.97 Å². The second-order valence-corrected chi connectivity index (χ2v) is 2.69. The number of aliphatic carboxylic acids is 1. The van der Waals surface area contributed by atoms with E-state index in [0.717, 1.165) is 12.8 Å². The number of unbranched alkanes of at least 4 members (excludes halogenated alkanes) is 3. The molecule has 0 aromatic carbocycles. The molecule has 0 spiro atoms. The summed E-state index contributed by atoms with van der Waals surface area (Å²) >= 11 is 0. The Labute approximate surface area is 158 Å². The van der Waals surface area contributed by atoms with Gasteiger partial charge in [0.2, 0.25) is 0 Å². The molecule has 0 bridgehead atoms. The molecule has 0 amide bonds. The number of rotatable bonds is 5. The maximum atomic E-state index is 10.3. The van der Waals surface area contributed by atoms with Crippen LogP contribution in [0.25, 0.3) is 0 Å². The van der Waals surface area contributed by atoms with E-state index >= 15 is 0 Å². The third kappa shape index (κ3) is 16.6. The van der Waals surface area contributed by atoms with Gasteiger partial charge in [-0.05, 0) is 19.8 Å². The average Bonchev–Trinajstić information content (AvgIpc) is 1.97. The Bertz CT molecular complexity index is 170. The monoisotopic (exact) mass is 228 g/mol. The maximum absolute atomic E-state index is 10.3. The summed E-state index contributed by atoms with van der Waals surface area (Å²) in [5, 5.41) is 8.47. The molecule has 70 valence electrons. The fourth-order valence-electron chi connectivity index (χ4n) is 0.800. The molecule has 1 N–H and O–H groups in total. The molecule has 0 saturated carbocycles. The van der Waals surface area contributed by atoms with E-state index in [1.807, 2.05) is 0 Å². The molecule has 0 aliphatic rings. The van der Waals surface area contributed by atoms with Crippen LogP contribution in [-0.2, 0) is 4.79 Å². The minimum absolute atomic E-state index is 0. The molecule has 0 heterocycles. The van der Waals surface area contributed by atoms with Crippen LogP contribution < -0.4 is 88.7 Å². The Morgan fingerprint density at radius 1 is 1.29 bits per heavy atom. The number of carboxylic acid groups (broad SMARTS) is 1. The first-order valence-corrected chi connectivity index (χ1v) is 4.08. The van der Waals surface area contributed by atoms with Crippen molar-refractivity contribution in [1.29, 1.82) is 0 Å². The molecular formula is C9H19Na3O2. The molecule has 0 radical (unpaired) electrons. The predicted molar refractivity (Wildman–Crippen MR) is 48.9 cm³/mol. The van der Waals surface area contributed by atoms with Gasteiger partial charge < -0.3 is 9.39 Å². The molecular weight excluding hydrogens is 209 g/mol. The van der Waals surface area contributed by atoms with Crippen molar-refractivity contribution in [2.45, 2.75) is 39.5 Å². The maximum Gasteiger partial charge on any atom is 1.00 e. The summed E-state index contributed by atoms with van der Waals surface area (Å²) in [5.41, 5.74) is 0.459. The molecule has 0 aliphatic heterocycles. The van der Waals surface area contributed by atoms with E-state index in [4.69, 9.17) is 5.11 Å². The van der Waals surface area contributed by atoms with Crippen molar-refractivity contribution in [3.8, 4) is 0 Å². The SMILES string of the molecule is CCCCCC=C(C)C(=O)O.[H-].[H-].[H-].[Na+].[Na+].[Na+]. The quantitative estimate of drug-likeness (QED) is 0.289. The molecule has 0 aromatic rings. The fraction of sp³-hybridized carbons (Fsp3) is 0.667. The fourth-order valence-corrected chi connectivity index (χ4v) is 0.800. The molecule has 0 unspecified atom stereocenters.